The van der Waals surface area contributed by atoms with Gasteiger partial charge in [0.15, 0.2) is 10.4 Å². The lowest BCUT2D eigenvalue weighted by molar-refractivity contribution is -0.145. The van der Waals surface area contributed by atoms with Gasteiger partial charge in [0, 0.05) is 0 Å². The fourth-order valence-corrected chi connectivity index (χ4v) is 1.35. The molecule has 1 atom stereocenters. The van der Waals surface area contributed by atoms with Crippen LogP contribution < -0.4 is 5.32 Å². The van der Waals surface area contributed by atoms with Crippen molar-refractivity contribution in [2.24, 2.45) is 0 Å². The Morgan fingerprint density at radius 1 is 1.35 bits per heavy atom. The van der Waals surface area contributed by atoms with Crippen molar-refractivity contribution < 1.29 is 29.0 Å². The summed E-state index contributed by atoms with van der Waals surface area (Å²) in [5, 5.41) is 19.2. The van der Waals surface area contributed by atoms with E-state index in [1.165, 1.54) is 12.1 Å². The summed E-state index contributed by atoms with van der Waals surface area (Å²) >= 11 is 2.98. The van der Waals surface area contributed by atoms with Crippen LogP contribution in [-0.2, 0) is 9.59 Å². The van der Waals surface area contributed by atoms with Gasteiger partial charge in [-0.2, -0.15) is 0 Å². The molecule has 0 spiro atoms. The summed E-state index contributed by atoms with van der Waals surface area (Å²) in [6.07, 6.45) is -0.705. The van der Waals surface area contributed by atoms with Crippen molar-refractivity contribution in [1.82, 2.24) is 5.32 Å². The Hall–Kier alpha value is -1.83. The second kappa shape index (κ2) is 5.48. The van der Waals surface area contributed by atoms with Gasteiger partial charge < -0.3 is 19.9 Å². The molecular formula is C9H8BrNO6. The number of carboxylic acids is 2. The van der Waals surface area contributed by atoms with Gasteiger partial charge in [-0.15, -0.1) is 0 Å². The minimum absolute atomic E-state index is 0.103. The number of carboxylic acid groups (broad SMARTS) is 2. The van der Waals surface area contributed by atoms with Gasteiger partial charge in [0.05, 0.1) is 6.42 Å². The number of carbonyl (C=O) groups excluding carboxylic acids is 1. The number of rotatable bonds is 5. The Morgan fingerprint density at radius 2 is 2.00 bits per heavy atom. The zero-order valence-electron chi connectivity index (χ0n) is 8.34. The molecule has 0 fully saturated rings. The number of hydrogen-bond donors (Lipinski definition) is 3. The molecule has 0 aliphatic heterocycles. The van der Waals surface area contributed by atoms with Crippen molar-refractivity contribution in [2.75, 3.05) is 0 Å². The maximum atomic E-state index is 11.5. The first-order chi connectivity index (χ1) is 7.90. The molecule has 92 valence electrons. The summed E-state index contributed by atoms with van der Waals surface area (Å²) in [4.78, 5) is 32.6. The van der Waals surface area contributed by atoms with E-state index in [1.807, 2.05) is 5.32 Å². The van der Waals surface area contributed by atoms with Crippen LogP contribution in [0.4, 0.5) is 0 Å². The highest BCUT2D eigenvalue weighted by molar-refractivity contribution is 9.10. The van der Waals surface area contributed by atoms with Crippen LogP contribution >= 0.6 is 15.9 Å². The van der Waals surface area contributed by atoms with Crippen molar-refractivity contribution in [3.05, 3.63) is 22.6 Å². The lowest BCUT2D eigenvalue weighted by atomic mass is 10.2. The Kier molecular flexibility index (Phi) is 4.27. The summed E-state index contributed by atoms with van der Waals surface area (Å²) in [5.41, 5.74) is 0. The first-order valence-electron chi connectivity index (χ1n) is 4.41. The predicted molar refractivity (Wildman–Crippen MR) is 57.6 cm³/mol. The highest BCUT2D eigenvalue weighted by Gasteiger charge is 2.24. The summed E-state index contributed by atoms with van der Waals surface area (Å²) < 4.78 is 5.21. The second-order valence-corrected chi connectivity index (χ2v) is 3.85. The lowest BCUT2D eigenvalue weighted by Gasteiger charge is -2.10. The minimum atomic E-state index is -1.50. The summed E-state index contributed by atoms with van der Waals surface area (Å²) in [6, 6.07) is 1.30. The molecule has 1 amide bonds. The van der Waals surface area contributed by atoms with Gasteiger partial charge in [-0.25, -0.2) is 4.79 Å². The van der Waals surface area contributed by atoms with E-state index in [0.717, 1.165) is 0 Å². The molecule has 0 unspecified atom stereocenters. The van der Waals surface area contributed by atoms with Crippen molar-refractivity contribution in [1.29, 1.82) is 0 Å². The average molecular weight is 306 g/mol. The van der Waals surface area contributed by atoms with Crippen molar-refractivity contribution in [3.63, 3.8) is 0 Å². The molecule has 8 heteroatoms. The third-order valence-corrected chi connectivity index (χ3v) is 2.21. The molecule has 0 aromatic carbocycles. The highest BCUT2D eigenvalue weighted by atomic mass is 79.9. The van der Waals surface area contributed by atoms with E-state index in [-0.39, 0.29) is 5.76 Å². The second-order valence-electron chi connectivity index (χ2n) is 3.07. The number of amides is 1. The van der Waals surface area contributed by atoms with Crippen LogP contribution in [0.2, 0.25) is 0 Å². The van der Waals surface area contributed by atoms with Gasteiger partial charge in [0.1, 0.15) is 6.04 Å². The zero-order valence-corrected chi connectivity index (χ0v) is 9.93. The lowest BCUT2D eigenvalue weighted by Crippen LogP contribution is -2.42. The maximum Gasteiger partial charge on any atom is 0.326 e. The SMILES string of the molecule is O=C(O)C[C@H](NC(=O)c1ccc(Br)o1)C(=O)O. The van der Waals surface area contributed by atoms with Crippen molar-refractivity contribution in [3.8, 4) is 0 Å². The fraction of sp³-hybridized carbons (Fsp3) is 0.222. The normalized spacial score (nSPS) is 11.8. The van der Waals surface area contributed by atoms with E-state index in [0.29, 0.717) is 4.67 Å². The Balaban J connectivity index is 2.70. The van der Waals surface area contributed by atoms with Gasteiger partial charge in [-0.05, 0) is 28.1 Å². The highest BCUT2D eigenvalue weighted by Crippen LogP contribution is 2.14. The van der Waals surface area contributed by atoms with Gasteiger partial charge in [0.2, 0.25) is 0 Å². The molecule has 7 nitrogen and oxygen atoms in total. The average Bonchev–Trinajstić information content (AvgIpc) is 2.63. The molecule has 3 N–H and O–H groups in total. The maximum absolute atomic E-state index is 11.5. The Bertz CT molecular complexity index is 454. The van der Waals surface area contributed by atoms with Crippen LogP contribution in [0.1, 0.15) is 17.0 Å². The molecule has 1 heterocycles. The smallest absolute Gasteiger partial charge is 0.326 e. The number of carbonyl (C=O) groups is 3. The third-order valence-electron chi connectivity index (χ3n) is 1.78. The molecular weight excluding hydrogens is 298 g/mol. The molecule has 1 rings (SSSR count). The van der Waals surface area contributed by atoms with Crippen LogP contribution in [0.5, 0.6) is 0 Å². The summed E-state index contributed by atoms with van der Waals surface area (Å²) in [7, 11) is 0. The molecule has 1 aromatic heterocycles. The number of nitrogens with one attached hydrogen (secondary N) is 1. The predicted octanol–water partition coefficient (Wildman–Crippen LogP) is 0.700. The topological polar surface area (TPSA) is 117 Å². The molecule has 0 aliphatic rings. The number of halogens is 1. The van der Waals surface area contributed by atoms with Crippen molar-refractivity contribution in [2.45, 2.75) is 12.5 Å². The van der Waals surface area contributed by atoms with Crippen LogP contribution in [-0.4, -0.2) is 34.1 Å². The molecule has 1 aromatic rings. The van der Waals surface area contributed by atoms with Gasteiger partial charge >= 0.3 is 11.9 Å². The van der Waals surface area contributed by atoms with E-state index >= 15 is 0 Å². The van der Waals surface area contributed by atoms with E-state index in [4.69, 9.17) is 14.6 Å². The molecule has 0 radical (unpaired) electrons. The van der Waals surface area contributed by atoms with Crippen LogP contribution in [0.25, 0.3) is 0 Å². The zero-order chi connectivity index (χ0) is 13.0. The number of furan rings is 1. The van der Waals surface area contributed by atoms with Crippen LogP contribution in [0, 0.1) is 0 Å². The quantitative estimate of drug-likeness (QED) is 0.737. The standard InChI is InChI=1S/C9H8BrNO6/c10-6-2-1-5(17-6)8(14)11-4(9(15)16)3-7(12)13/h1-2,4H,3H2,(H,11,14)(H,12,13)(H,15,16)/t4-/m0/s1. The van der Waals surface area contributed by atoms with Crippen molar-refractivity contribution >= 4 is 33.8 Å². The molecule has 0 saturated carbocycles. The summed E-state index contributed by atoms with van der Waals surface area (Å²) in [6.45, 7) is 0. The number of aliphatic carboxylic acids is 2. The van der Waals surface area contributed by atoms with Crippen LogP contribution in [0.15, 0.2) is 21.2 Å². The largest absolute Gasteiger partial charge is 0.481 e. The minimum Gasteiger partial charge on any atom is -0.481 e. The van der Waals surface area contributed by atoms with E-state index in [9.17, 15) is 14.4 Å². The monoisotopic (exact) mass is 305 g/mol. The van der Waals surface area contributed by atoms with Gasteiger partial charge in [-0.3, -0.25) is 9.59 Å². The molecule has 0 aliphatic carbocycles. The molecule has 0 bridgehead atoms. The first kappa shape index (κ1) is 13.2. The Labute approximate surface area is 104 Å². The molecule has 17 heavy (non-hydrogen) atoms. The van der Waals surface area contributed by atoms with Gasteiger partial charge in [-0.1, -0.05) is 0 Å². The number of hydrogen-bond acceptors (Lipinski definition) is 4. The third kappa shape index (κ3) is 3.91. The van der Waals surface area contributed by atoms with Crippen LogP contribution in [0.3, 0.4) is 0 Å². The van der Waals surface area contributed by atoms with E-state index in [1.54, 1.807) is 0 Å². The van der Waals surface area contributed by atoms with E-state index in [2.05, 4.69) is 15.9 Å². The Morgan fingerprint density at radius 3 is 2.41 bits per heavy atom. The molecule has 0 saturated heterocycles. The van der Waals surface area contributed by atoms with Gasteiger partial charge in [0.25, 0.3) is 5.91 Å². The fourth-order valence-electron chi connectivity index (χ4n) is 1.04. The first-order valence-corrected chi connectivity index (χ1v) is 5.20. The summed E-state index contributed by atoms with van der Waals surface area (Å²) in [5.74, 6) is -3.64. The van der Waals surface area contributed by atoms with E-state index < -0.39 is 30.3 Å².